The van der Waals surface area contributed by atoms with E-state index in [4.69, 9.17) is 9.72 Å². The summed E-state index contributed by atoms with van der Waals surface area (Å²) in [7, 11) is 0. The number of fused-ring (bicyclic) bond motifs is 1. The molecule has 2 heterocycles. The zero-order valence-electron chi connectivity index (χ0n) is 13.4. The highest BCUT2D eigenvalue weighted by Gasteiger charge is 2.16. The molecule has 0 aliphatic carbocycles. The van der Waals surface area contributed by atoms with Crippen LogP contribution in [0, 0.1) is 0 Å². The number of aromatic nitrogens is 2. The summed E-state index contributed by atoms with van der Waals surface area (Å²) in [6.45, 7) is 4.39. The number of aryl methyl sites for hydroxylation is 1. The van der Waals surface area contributed by atoms with Gasteiger partial charge in [0, 0.05) is 11.8 Å². The van der Waals surface area contributed by atoms with E-state index in [2.05, 4.69) is 17.6 Å². The van der Waals surface area contributed by atoms with Gasteiger partial charge in [-0.25, -0.2) is 9.78 Å². The molecule has 0 aliphatic heterocycles. The first kappa shape index (κ1) is 15.7. The van der Waals surface area contributed by atoms with Crippen LogP contribution in [0.25, 0.3) is 16.7 Å². The molecule has 1 aromatic carbocycles. The van der Waals surface area contributed by atoms with Gasteiger partial charge in [0.15, 0.2) is 0 Å². The molecule has 3 aromatic rings. The van der Waals surface area contributed by atoms with Gasteiger partial charge in [-0.3, -0.25) is 4.57 Å². The van der Waals surface area contributed by atoms with Crippen LogP contribution in [0.4, 0.5) is 0 Å². The molecule has 0 radical (unpaired) electrons. The molecule has 2 aromatic heterocycles. The average Bonchev–Trinajstić information content (AvgIpc) is 3.17. The molecule has 3 rings (SSSR count). The number of carbonyl (C=O) groups excluding carboxylic acids is 1. The predicted octanol–water partition coefficient (Wildman–Crippen LogP) is 4.61. The van der Waals surface area contributed by atoms with E-state index in [1.165, 1.54) is 11.3 Å². The lowest BCUT2D eigenvalue weighted by atomic mass is 10.2. The number of unbranched alkanes of at least 4 members (excludes halogenated alkanes) is 1. The summed E-state index contributed by atoms with van der Waals surface area (Å²) in [6, 6.07) is 10.0. The molecule has 23 heavy (non-hydrogen) atoms. The normalized spacial score (nSPS) is 11.0. The smallest absolute Gasteiger partial charge is 0.348 e. The third kappa shape index (κ3) is 3.15. The standard InChI is InChI=1S/C18H20N2O2S/c1-3-5-10-17-19-14-8-6-7-9-15(14)20(17)13-11-16(23-12-13)18(21)22-4-2/h6-9,11-12H,3-5,10H2,1-2H3. The van der Waals surface area contributed by atoms with E-state index < -0.39 is 0 Å². The SMILES string of the molecule is CCCCc1nc2ccccc2n1-c1csc(C(=O)OCC)c1. The van der Waals surface area contributed by atoms with Gasteiger partial charge in [0.05, 0.1) is 23.3 Å². The second-order valence-electron chi connectivity index (χ2n) is 5.35. The Labute approximate surface area is 139 Å². The Bertz CT molecular complexity index is 819. The van der Waals surface area contributed by atoms with Crippen LogP contribution < -0.4 is 0 Å². The van der Waals surface area contributed by atoms with Crippen LogP contribution in [0.15, 0.2) is 35.7 Å². The van der Waals surface area contributed by atoms with E-state index in [1.54, 1.807) is 0 Å². The Balaban J connectivity index is 2.05. The zero-order chi connectivity index (χ0) is 16.2. The van der Waals surface area contributed by atoms with Crippen molar-refractivity contribution < 1.29 is 9.53 Å². The second-order valence-corrected chi connectivity index (χ2v) is 6.26. The van der Waals surface area contributed by atoms with Crippen LogP contribution in [0.5, 0.6) is 0 Å². The molecule has 0 N–H and O–H groups in total. The number of para-hydroxylation sites is 2. The average molecular weight is 328 g/mol. The lowest BCUT2D eigenvalue weighted by molar-refractivity contribution is 0.0532. The molecule has 0 atom stereocenters. The van der Waals surface area contributed by atoms with Gasteiger partial charge >= 0.3 is 5.97 Å². The van der Waals surface area contributed by atoms with Crippen molar-refractivity contribution in [3.8, 4) is 5.69 Å². The Morgan fingerprint density at radius 1 is 1.30 bits per heavy atom. The molecular formula is C18H20N2O2S. The van der Waals surface area contributed by atoms with Gasteiger partial charge in [-0.15, -0.1) is 11.3 Å². The maximum absolute atomic E-state index is 11.9. The number of carbonyl (C=O) groups is 1. The van der Waals surface area contributed by atoms with Crippen molar-refractivity contribution in [2.45, 2.75) is 33.1 Å². The van der Waals surface area contributed by atoms with Gasteiger partial charge in [-0.05, 0) is 31.5 Å². The summed E-state index contributed by atoms with van der Waals surface area (Å²) < 4.78 is 7.24. The Hall–Kier alpha value is -2.14. The predicted molar refractivity (Wildman–Crippen MR) is 93.5 cm³/mol. The van der Waals surface area contributed by atoms with E-state index in [0.717, 1.165) is 41.8 Å². The van der Waals surface area contributed by atoms with Crippen LogP contribution in [0.3, 0.4) is 0 Å². The lowest BCUT2D eigenvalue weighted by Crippen LogP contribution is -2.03. The summed E-state index contributed by atoms with van der Waals surface area (Å²) in [5.74, 6) is 0.782. The third-order valence-electron chi connectivity index (χ3n) is 3.70. The highest BCUT2D eigenvalue weighted by atomic mass is 32.1. The molecule has 0 amide bonds. The van der Waals surface area contributed by atoms with Crippen molar-refractivity contribution in [2.24, 2.45) is 0 Å². The summed E-state index contributed by atoms with van der Waals surface area (Å²) in [6.07, 6.45) is 3.15. The Kier molecular flexibility index (Phi) is 4.76. The highest BCUT2D eigenvalue weighted by Crippen LogP contribution is 2.26. The topological polar surface area (TPSA) is 44.1 Å². The number of thiophene rings is 1. The molecule has 0 aliphatic rings. The van der Waals surface area contributed by atoms with Crippen LogP contribution in [-0.4, -0.2) is 22.1 Å². The van der Waals surface area contributed by atoms with E-state index in [0.29, 0.717) is 11.5 Å². The molecular weight excluding hydrogens is 308 g/mol. The molecule has 0 spiro atoms. The lowest BCUT2D eigenvalue weighted by Gasteiger charge is -2.06. The summed E-state index contributed by atoms with van der Waals surface area (Å²) in [5.41, 5.74) is 3.05. The van der Waals surface area contributed by atoms with E-state index in [-0.39, 0.29) is 5.97 Å². The van der Waals surface area contributed by atoms with Gasteiger partial charge in [0.25, 0.3) is 0 Å². The number of esters is 1. The summed E-state index contributed by atoms with van der Waals surface area (Å²) in [5, 5.41) is 2.00. The van der Waals surface area contributed by atoms with E-state index in [9.17, 15) is 4.79 Å². The minimum atomic E-state index is -0.261. The van der Waals surface area contributed by atoms with E-state index >= 15 is 0 Å². The Morgan fingerprint density at radius 2 is 2.13 bits per heavy atom. The van der Waals surface area contributed by atoms with Crippen molar-refractivity contribution in [2.75, 3.05) is 6.61 Å². The molecule has 5 heteroatoms. The van der Waals surface area contributed by atoms with Crippen molar-refractivity contribution in [1.82, 2.24) is 9.55 Å². The van der Waals surface area contributed by atoms with Gasteiger partial charge in [0.1, 0.15) is 10.7 Å². The maximum atomic E-state index is 11.9. The molecule has 0 saturated carbocycles. The molecule has 120 valence electrons. The first-order valence-electron chi connectivity index (χ1n) is 7.97. The first-order valence-corrected chi connectivity index (χ1v) is 8.85. The maximum Gasteiger partial charge on any atom is 0.348 e. The summed E-state index contributed by atoms with van der Waals surface area (Å²) >= 11 is 1.41. The van der Waals surface area contributed by atoms with Crippen molar-refractivity contribution >= 4 is 28.3 Å². The zero-order valence-corrected chi connectivity index (χ0v) is 14.2. The third-order valence-corrected chi connectivity index (χ3v) is 4.60. The van der Waals surface area contributed by atoms with Crippen LogP contribution in [0.1, 0.15) is 42.2 Å². The molecule has 0 unspecified atom stereocenters. The van der Waals surface area contributed by atoms with Crippen molar-refractivity contribution in [3.63, 3.8) is 0 Å². The quantitative estimate of drug-likeness (QED) is 0.621. The van der Waals surface area contributed by atoms with E-state index in [1.807, 2.05) is 36.6 Å². The number of imidazole rings is 1. The number of benzene rings is 1. The minimum absolute atomic E-state index is 0.261. The Morgan fingerprint density at radius 3 is 2.91 bits per heavy atom. The van der Waals surface area contributed by atoms with Gasteiger partial charge in [-0.1, -0.05) is 25.5 Å². The molecule has 0 bridgehead atoms. The highest BCUT2D eigenvalue weighted by molar-refractivity contribution is 7.12. The molecule has 0 saturated heterocycles. The number of hydrogen-bond acceptors (Lipinski definition) is 4. The number of rotatable bonds is 6. The van der Waals surface area contributed by atoms with Gasteiger partial charge < -0.3 is 4.74 Å². The molecule has 0 fully saturated rings. The van der Waals surface area contributed by atoms with Crippen molar-refractivity contribution in [3.05, 3.63) is 46.4 Å². The fraction of sp³-hybridized carbons (Fsp3) is 0.333. The number of hydrogen-bond donors (Lipinski definition) is 0. The second kappa shape index (κ2) is 6.96. The van der Waals surface area contributed by atoms with Crippen LogP contribution >= 0.6 is 11.3 Å². The fourth-order valence-corrected chi connectivity index (χ4v) is 3.38. The molecule has 4 nitrogen and oxygen atoms in total. The van der Waals surface area contributed by atoms with Gasteiger partial charge in [-0.2, -0.15) is 0 Å². The minimum Gasteiger partial charge on any atom is -0.462 e. The monoisotopic (exact) mass is 328 g/mol. The van der Waals surface area contributed by atoms with Gasteiger partial charge in [0.2, 0.25) is 0 Å². The first-order chi connectivity index (χ1) is 11.2. The number of ether oxygens (including phenoxy) is 1. The summed E-state index contributed by atoms with van der Waals surface area (Å²) in [4.78, 5) is 17.3. The number of nitrogens with zero attached hydrogens (tertiary/aromatic N) is 2. The van der Waals surface area contributed by atoms with Crippen LogP contribution in [0.2, 0.25) is 0 Å². The fourth-order valence-electron chi connectivity index (χ4n) is 2.62. The largest absolute Gasteiger partial charge is 0.462 e. The van der Waals surface area contributed by atoms with Crippen LogP contribution in [-0.2, 0) is 11.2 Å². The van der Waals surface area contributed by atoms with Crippen molar-refractivity contribution in [1.29, 1.82) is 0 Å².